The van der Waals surface area contributed by atoms with E-state index < -0.39 is 0 Å². The van der Waals surface area contributed by atoms with Crippen LogP contribution in [0.2, 0.25) is 0 Å². The Morgan fingerprint density at radius 3 is 2.67 bits per heavy atom. The minimum atomic E-state index is 0.494. The molecule has 1 saturated carbocycles. The van der Waals surface area contributed by atoms with Gasteiger partial charge in [0, 0.05) is 17.5 Å². The molecule has 0 aromatic carbocycles. The second-order valence-corrected chi connectivity index (χ2v) is 7.45. The van der Waals surface area contributed by atoms with E-state index in [2.05, 4.69) is 24.1 Å². The van der Waals surface area contributed by atoms with Crippen molar-refractivity contribution in [1.82, 2.24) is 10.3 Å². The molecule has 2 aliphatic carbocycles. The first-order valence-electron chi connectivity index (χ1n) is 8.83. The maximum absolute atomic E-state index is 5.08. The van der Waals surface area contributed by atoms with E-state index >= 15 is 0 Å². The zero-order valence-electron chi connectivity index (χ0n) is 13.5. The van der Waals surface area contributed by atoms with Crippen molar-refractivity contribution in [3.63, 3.8) is 0 Å². The summed E-state index contributed by atoms with van der Waals surface area (Å²) in [5, 5.41) is 4.91. The lowest BCUT2D eigenvalue weighted by Gasteiger charge is -2.33. The molecule has 1 aromatic rings. The molecule has 0 radical (unpaired) electrons. The van der Waals surface area contributed by atoms with E-state index in [-0.39, 0.29) is 0 Å². The predicted molar refractivity (Wildman–Crippen MR) is 91.4 cm³/mol. The van der Waals surface area contributed by atoms with Crippen LogP contribution in [0, 0.1) is 0 Å². The van der Waals surface area contributed by atoms with Gasteiger partial charge in [0.25, 0.3) is 0 Å². The second kappa shape index (κ2) is 7.10. The van der Waals surface area contributed by atoms with Crippen LogP contribution in [0.3, 0.4) is 0 Å². The Morgan fingerprint density at radius 2 is 1.95 bits per heavy atom. The molecule has 3 rings (SSSR count). The van der Waals surface area contributed by atoms with Crippen molar-refractivity contribution >= 4 is 16.5 Å². The molecule has 0 spiro atoms. The van der Waals surface area contributed by atoms with Gasteiger partial charge in [-0.2, -0.15) is 0 Å². The molecule has 0 bridgehead atoms. The molecule has 0 amide bonds. The predicted octanol–water partition coefficient (Wildman–Crippen LogP) is 4.29. The van der Waals surface area contributed by atoms with Gasteiger partial charge in [-0.05, 0) is 45.6 Å². The molecule has 1 unspecified atom stereocenters. The molecule has 3 nitrogen and oxygen atoms in total. The summed E-state index contributed by atoms with van der Waals surface area (Å²) in [7, 11) is 0. The van der Waals surface area contributed by atoms with Crippen LogP contribution in [0.1, 0.15) is 75.4 Å². The third kappa shape index (κ3) is 3.26. The second-order valence-electron chi connectivity index (χ2n) is 6.39. The molecule has 118 valence electrons. The lowest BCUT2D eigenvalue weighted by atomic mass is 9.94. The van der Waals surface area contributed by atoms with Crippen molar-refractivity contribution in [2.24, 2.45) is 0 Å². The van der Waals surface area contributed by atoms with Crippen LogP contribution in [0.15, 0.2) is 0 Å². The summed E-state index contributed by atoms with van der Waals surface area (Å²) in [6.45, 7) is 6.62. The van der Waals surface area contributed by atoms with Crippen molar-refractivity contribution in [1.29, 1.82) is 0 Å². The zero-order valence-corrected chi connectivity index (χ0v) is 14.3. The van der Waals surface area contributed by atoms with Gasteiger partial charge in [0.05, 0.1) is 11.7 Å². The summed E-state index contributed by atoms with van der Waals surface area (Å²) in [4.78, 5) is 9.21. The quantitative estimate of drug-likeness (QED) is 0.879. The Labute approximate surface area is 133 Å². The molecule has 2 aliphatic rings. The van der Waals surface area contributed by atoms with E-state index in [1.807, 2.05) is 11.3 Å². The van der Waals surface area contributed by atoms with Crippen LogP contribution >= 0.6 is 11.3 Å². The van der Waals surface area contributed by atoms with Gasteiger partial charge < -0.3 is 10.2 Å². The number of thiazole rings is 1. The summed E-state index contributed by atoms with van der Waals surface area (Å²) < 4.78 is 0. The fourth-order valence-corrected chi connectivity index (χ4v) is 5.21. The van der Waals surface area contributed by atoms with E-state index in [1.165, 1.54) is 67.1 Å². The first kappa shape index (κ1) is 15.3. The summed E-state index contributed by atoms with van der Waals surface area (Å²) in [5.74, 6) is 0. The van der Waals surface area contributed by atoms with E-state index in [4.69, 9.17) is 4.98 Å². The van der Waals surface area contributed by atoms with E-state index in [0.717, 1.165) is 19.1 Å². The molecular formula is C17H29N3S. The van der Waals surface area contributed by atoms with Gasteiger partial charge >= 0.3 is 0 Å². The molecule has 1 atom stereocenters. The van der Waals surface area contributed by atoms with Gasteiger partial charge in [-0.1, -0.05) is 26.2 Å². The zero-order chi connectivity index (χ0) is 14.7. The topological polar surface area (TPSA) is 28.2 Å². The summed E-state index contributed by atoms with van der Waals surface area (Å²) in [6, 6.07) is 1.22. The average Bonchev–Trinajstić information content (AvgIpc) is 2.94. The van der Waals surface area contributed by atoms with Crippen LogP contribution in [0.4, 0.5) is 5.13 Å². The summed E-state index contributed by atoms with van der Waals surface area (Å²) in [6.07, 6.45) is 10.7. The Bertz CT molecular complexity index is 451. The van der Waals surface area contributed by atoms with Crippen LogP contribution in [0.25, 0.3) is 0 Å². The molecule has 1 aromatic heterocycles. The minimum Gasteiger partial charge on any atom is -0.345 e. The van der Waals surface area contributed by atoms with E-state index in [0.29, 0.717) is 6.04 Å². The number of nitrogens with zero attached hydrogens (tertiary/aromatic N) is 2. The Balaban J connectivity index is 1.81. The van der Waals surface area contributed by atoms with Gasteiger partial charge in [-0.15, -0.1) is 11.3 Å². The normalized spacial score (nSPS) is 23.0. The monoisotopic (exact) mass is 307 g/mol. The molecule has 0 aliphatic heterocycles. The highest BCUT2D eigenvalue weighted by Gasteiger charge is 2.28. The number of fused-ring (bicyclic) bond motifs is 1. The van der Waals surface area contributed by atoms with Crippen molar-refractivity contribution in [2.75, 3.05) is 18.0 Å². The highest BCUT2D eigenvalue weighted by atomic mass is 32.1. The Kier molecular flexibility index (Phi) is 5.17. The van der Waals surface area contributed by atoms with Gasteiger partial charge in [0.15, 0.2) is 5.13 Å². The fourth-order valence-electron chi connectivity index (χ4n) is 3.92. The highest BCUT2D eigenvalue weighted by molar-refractivity contribution is 7.15. The molecule has 1 N–H and O–H groups in total. The SMILES string of the molecule is CCNC1CCCc2sc(N(CC)C3CCCCC3)nc21. The molecule has 21 heavy (non-hydrogen) atoms. The standard InChI is InChI=1S/C17H29N3S/c1-3-18-14-11-8-12-15-16(14)19-17(21-15)20(4-2)13-9-6-5-7-10-13/h13-14,18H,3-12H2,1-2H3. The summed E-state index contributed by atoms with van der Waals surface area (Å²) in [5.41, 5.74) is 1.36. The van der Waals surface area contributed by atoms with Gasteiger partial charge in [0.1, 0.15) is 0 Å². The van der Waals surface area contributed by atoms with Crippen LogP contribution < -0.4 is 10.2 Å². The number of aromatic nitrogens is 1. The van der Waals surface area contributed by atoms with Crippen LogP contribution in [0.5, 0.6) is 0 Å². The first-order chi connectivity index (χ1) is 10.3. The summed E-state index contributed by atoms with van der Waals surface area (Å²) >= 11 is 1.97. The Morgan fingerprint density at radius 1 is 1.14 bits per heavy atom. The average molecular weight is 308 g/mol. The number of nitrogens with one attached hydrogen (secondary N) is 1. The number of aryl methyl sites for hydroxylation is 1. The first-order valence-corrected chi connectivity index (χ1v) is 9.64. The largest absolute Gasteiger partial charge is 0.345 e. The maximum atomic E-state index is 5.08. The van der Waals surface area contributed by atoms with E-state index in [9.17, 15) is 0 Å². The number of hydrogen-bond donors (Lipinski definition) is 1. The van der Waals surface area contributed by atoms with Gasteiger partial charge in [-0.3, -0.25) is 0 Å². The number of anilines is 1. The molecular weight excluding hydrogens is 278 g/mol. The lowest BCUT2D eigenvalue weighted by molar-refractivity contribution is 0.417. The van der Waals surface area contributed by atoms with Crippen LogP contribution in [-0.2, 0) is 6.42 Å². The van der Waals surface area contributed by atoms with Crippen LogP contribution in [-0.4, -0.2) is 24.1 Å². The molecule has 4 heteroatoms. The number of rotatable bonds is 5. The fraction of sp³-hybridized carbons (Fsp3) is 0.824. The Hall–Kier alpha value is -0.610. The number of hydrogen-bond acceptors (Lipinski definition) is 4. The van der Waals surface area contributed by atoms with Gasteiger partial charge in [0.2, 0.25) is 0 Å². The van der Waals surface area contributed by atoms with Crippen molar-refractivity contribution in [3.05, 3.63) is 10.6 Å². The van der Waals surface area contributed by atoms with Crippen molar-refractivity contribution in [2.45, 2.75) is 77.3 Å². The van der Waals surface area contributed by atoms with Crippen molar-refractivity contribution in [3.8, 4) is 0 Å². The lowest BCUT2D eigenvalue weighted by Crippen LogP contribution is -2.36. The third-order valence-corrected chi connectivity index (χ3v) is 6.16. The third-order valence-electron chi connectivity index (χ3n) is 5.00. The minimum absolute atomic E-state index is 0.494. The van der Waals surface area contributed by atoms with Crippen molar-refractivity contribution < 1.29 is 0 Å². The maximum Gasteiger partial charge on any atom is 0.186 e. The molecule has 0 saturated heterocycles. The van der Waals surface area contributed by atoms with Gasteiger partial charge in [-0.25, -0.2) is 4.98 Å². The smallest absolute Gasteiger partial charge is 0.186 e. The van der Waals surface area contributed by atoms with E-state index in [1.54, 1.807) is 0 Å². The highest BCUT2D eigenvalue weighted by Crippen LogP contribution is 2.38. The molecule has 1 heterocycles. The molecule has 1 fully saturated rings.